The summed E-state index contributed by atoms with van der Waals surface area (Å²) in [4.78, 5) is 27.6. The molecule has 2 aliphatic heterocycles. The molecule has 33 heavy (non-hydrogen) atoms. The van der Waals surface area contributed by atoms with Crippen LogP contribution in [0.4, 0.5) is 11.4 Å². The number of hydrogen-bond acceptors (Lipinski definition) is 8. The number of thioether (sulfide) groups is 2. The molecule has 0 radical (unpaired) electrons. The molecule has 170 valence electrons. The Morgan fingerprint density at radius 2 is 1.91 bits per heavy atom. The van der Waals surface area contributed by atoms with Crippen molar-refractivity contribution in [2.45, 2.75) is 12.7 Å². The highest BCUT2D eigenvalue weighted by molar-refractivity contribution is 8.26. The third-order valence-electron chi connectivity index (χ3n) is 5.11. The molecule has 0 bridgehead atoms. The molecule has 2 aliphatic rings. The summed E-state index contributed by atoms with van der Waals surface area (Å²) in [6.07, 6.45) is 3.55. The number of allylic oxidation sites excluding steroid dienone is 2. The van der Waals surface area contributed by atoms with Gasteiger partial charge in [-0.05, 0) is 25.1 Å². The molecule has 1 amide bonds. The zero-order valence-electron chi connectivity index (χ0n) is 17.8. The van der Waals surface area contributed by atoms with Gasteiger partial charge >= 0.3 is 0 Å². The Morgan fingerprint density at radius 3 is 2.67 bits per heavy atom. The van der Waals surface area contributed by atoms with Gasteiger partial charge in [-0.1, -0.05) is 54.3 Å². The number of amides is 1. The summed E-state index contributed by atoms with van der Waals surface area (Å²) in [7, 11) is 0. The number of rotatable bonds is 8. The quantitative estimate of drug-likeness (QED) is 0.159. The van der Waals surface area contributed by atoms with Crippen molar-refractivity contribution in [3.63, 3.8) is 0 Å². The molecule has 1 fully saturated rings. The first-order chi connectivity index (χ1) is 16.0. The highest BCUT2D eigenvalue weighted by atomic mass is 32.2. The number of nitro benzene ring substituents is 1. The van der Waals surface area contributed by atoms with E-state index in [1.807, 2.05) is 37.3 Å². The largest absolute Gasteiger partial charge is 0.439 e. The molecule has 0 unspecified atom stereocenters. The number of fused-ring (bicyclic) bond motifs is 1. The van der Waals surface area contributed by atoms with E-state index >= 15 is 0 Å². The van der Waals surface area contributed by atoms with E-state index in [0.29, 0.717) is 39.5 Å². The first kappa shape index (κ1) is 23.3. The standard InChI is InChI=1S/C23H21N3O4S3/c1-2-24-22(27)20(33-23(24)31)11-12-21-25(18-9-5-6-10-19(18)30-21)13-14-32-15-16-7-3-4-8-17(16)26(28)29/h3-12H,2,13-15H2,1H3. The van der Waals surface area contributed by atoms with Gasteiger partial charge in [0.15, 0.2) is 5.75 Å². The molecule has 7 nitrogen and oxygen atoms in total. The Morgan fingerprint density at radius 1 is 1.15 bits per heavy atom. The zero-order chi connectivity index (χ0) is 23.4. The third-order valence-corrected chi connectivity index (χ3v) is 7.49. The maximum atomic E-state index is 12.5. The number of benzene rings is 2. The summed E-state index contributed by atoms with van der Waals surface area (Å²) in [5.74, 6) is 2.57. The van der Waals surface area contributed by atoms with Crippen LogP contribution in [0.1, 0.15) is 12.5 Å². The van der Waals surface area contributed by atoms with Crippen molar-refractivity contribution in [1.29, 1.82) is 0 Å². The van der Waals surface area contributed by atoms with Crippen molar-refractivity contribution in [3.8, 4) is 5.75 Å². The van der Waals surface area contributed by atoms with Crippen molar-refractivity contribution in [2.24, 2.45) is 0 Å². The second-order valence-corrected chi connectivity index (χ2v) is 9.89. The van der Waals surface area contributed by atoms with Crippen LogP contribution in [-0.4, -0.2) is 38.9 Å². The smallest absolute Gasteiger partial charge is 0.273 e. The molecule has 0 N–H and O–H groups in total. The van der Waals surface area contributed by atoms with Crippen molar-refractivity contribution >= 4 is 57.3 Å². The number of anilines is 1. The Bertz CT molecular complexity index is 1170. The molecule has 0 saturated carbocycles. The van der Waals surface area contributed by atoms with Crippen LogP contribution in [-0.2, 0) is 10.5 Å². The van der Waals surface area contributed by atoms with Crippen LogP contribution in [0.2, 0.25) is 0 Å². The van der Waals surface area contributed by atoms with Crippen LogP contribution in [0.15, 0.2) is 71.5 Å². The molecule has 0 atom stereocenters. The molecular weight excluding hydrogens is 478 g/mol. The zero-order valence-corrected chi connectivity index (χ0v) is 20.3. The Balaban J connectivity index is 1.46. The molecule has 4 rings (SSSR count). The minimum Gasteiger partial charge on any atom is -0.439 e. The maximum Gasteiger partial charge on any atom is 0.273 e. The highest BCUT2D eigenvalue weighted by Crippen LogP contribution is 2.39. The van der Waals surface area contributed by atoms with E-state index in [-0.39, 0.29) is 16.5 Å². The van der Waals surface area contributed by atoms with E-state index in [4.69, 9.17) is 17.0 Å². The topological polar surface area (TPSA) is 75.9 Å². The van der Waals surface area contributed by atoms with Gasteiger partial charge in [-0.15, -0.1) is 0 Å². The first-order valence-electron chi connectivity index (χ1n) is 10.3. The number of thiocarbonyl (C=S) groups is 1. The summed E-state index contributed by atoms with van der Waals surface area (Å²) in [5.41, 5.74) is 1.80. The number of carbonyl (C=O) groups excluding carboxylic acids is 1. The Kier molecular flexibility index (Phi) is 7.36. The number of para-hydroxylation sites is 3. The van der Waals surface area contributed by atoms with Crippen LogP contribution in [0, 0.1) is 10.1 Å². The van der Waals surface area contributed by atoms with Crippen molar-refractivity contribution < 1.29 is 14.5 Å². The molecule has 0 aromatic heterocycles. The van der Waals surface area contributed by atoms with Gasteiger partial charge in [0.05, 0.1) is 15.5 Å². The highest BCUT2D eigenvalue weighted by Gasteiger charge is 2.31. The number of nitrogens with zero attached hydrogens (tertiary/aromatic N) is 3. The van der Waals surface area contributed by atoms with Gasteiger partial charge in [-0.2, -0.15) is 11.8 Å². The van der Waals surface area contributed by atoms with Gasteiger partial charge in [-0.3, -0.25) is 19.8 Å². The van der Waals surface area contributed by atoms with Gasteiger partial charge in [0, 0.05) is 42.3 Å². The lowest BCUT2D eigenvalue weighted by Gasteiger charge is -2.18. The lowest BCUT2D eigenvalue weighted by Crippen LogP contribution is -2.27. The molecule has 2 heterocycles. The van der Waals surface area contributed by atoms with E-state index in [9.17, 15) is 14.9 Å². The first-order valence-corrected chi connectivity index (χ1v) is 12.7. The average Bonchev–Trinajstić information content (AvgIpc) is 3.30. The second kappa shape index (κ2) is 10.4. The van der Waals surface area contributed by atoms with Crippen LogP contribution < -0.4 is 9.64 Å². The minimum atomic E-state index is -0.345. The van der Waals surface area contributed by atoms with E-state index in [0.717, 1.165) is 17.2 Å². The summed E-state index contributed by atoms with van der Waals surface area (Å²) in [6.45, 7) is 3.09. The molecule has 0 aliphatic carbocycles. The van der Waals surface area contributed by atoms with Gasteiger partial charge in [-0.25, -0.2) is 0 Å². The van der Waals surface area contributed by atoms with Crippen LogP contribution in [0.5, 0.6) is 5.75 Å². The van der Waals surface area contributed by atoms with Crippen molar-refractivity contribution in [3.05, 3.63) is 87.1 Å². The predicted octanol–water partition coefficient (Wildman–Crippen LogP) is 5.33. The van der Waals surface area contributed by atoms with E-state index in [1.165, 1.54) is 17.8 Å². The monoisotopic (exact) mass is 499 g/mol. The summed E-state index contributed by atoms with van der Waals surface area (Å²) in [6, 6.07) is 14.6. The summed E-state index contributed by atoms with van der Waals surface area (Å²) in [5, 5.41) is 11.2. The number of hydrogen-bond donors (Lipinski definition) is 0. The number of nitro groups is 1. The Hall–Kier alpha value is -2.82. The average molecular weight is 500 g/mol. The minimum absolute atomic E-state index is 0.0913. The number of carbonyl (C=O) groups is 1. The third kappa shape index (κ3) is 5.07. The molecule has 2 aromatic rings. The molecule has 2 aromatic carbocycles. The van der Waals surface area contributed by atoms with E-state index < -0.39 is 0 Å². The molecule has 1 saturated heterocycles. The number of likely N-dealkylation sites (N-methyl/N-ethyl adjacent to an activating group) is 1. The van der Waals surface area contributed by atoms with Gasteiger partial charge < -0.3 is 9.64 Å². The lowest BCUT2D eigenvalue weighted by atomic mass is 10.2. The fraction of sp³-hybridized carbons (Fsp3) is 0.217. The second-order valence-electron chi connectivity index (χ2n) is 7.11. The fourth-order valence-corrected chi connectivity index (χ4v) is 5.74. The normalized spacial score (nSPS) is 17.7. The van der Waals surface area contributed by atoms with Gasteiger partial charge in [0.2, 0.25) is 5.88 Å². The molecule has 10 heteroatoms. The summed E-state index contributed by atoms with van der Waals surface area (Å²) >= 11 is 8.19. The van der Waals surface area contributed by atoms with Crippen LogP contribution in [0.25, 0.3) is 0 Å². The van der Waals surface area contributed by atoms with Crippen LogP contribution >= 0.6 is 35.7 Å². The summed E-state index contributed by atoms with van der Waals surface area (Å²) < 4.78 is 6.60. The van der Waals surface area contributed by atoms with Crippen LogP contribution in [0.3, 0.4) is 0 Å². The number of ether oxygens (including phenoxy) is 1. The van der Waals surface area contributed by atoms with E-state index in [2.05, 4.69) is 4.90 Å². The molecular formula is C23H21N3O4S3. The van der Waals surface area contributed by atoms with Crippen molar-refractivity contribution in [2.75, 3.05) is 23.7 Å². The SMILES string of the molecule is CCN1C(=O)C(=CC=C2Oc3ccccc3N2CCSCc2ccccc2[N+](=O)[O-])SC1=S. The Labute approximate surface area is 205 Å². The predicted molar refractivity (Wildman–Crippen MR) is 137 cm³/mol. The lowest BCUT2D eigenvalue weighted by molar-refractivity contribution is -0.385. The van der Waals surface area contributed by atoms with Gasteiger partial charge in [0.1, 0.15) is 4.32 Å². The molecule has 0 spiro atoms. The van der Waals surface area contributed by atoms with Gasteiger partial charge in [0.25, 0.3) is 11.6 Å². The maximum absolute atomic E-state index is 12.5. The van der Waals surface area contributed by atoms with E-state index in [1.54, 1.807) is 40.9 Å². The van der Waals surface area contributed by atoms with Crippen molar-refractivity contribution in [1.82, 2.24) is 4.90 Å². The fourth-order valence-electron chi connectivity index (χ4n) is 3.49.